The van der Waals surface area contributed by atoms with Crippen LogP contribution in [0.2, 0.25) is 0 Å². The SMILES string of the molecule is COC1CC(NC2CCc3ccc(-c4cnc5n[nH]c(-c6ccc(-c7ncccc7C)cn6)c5c4)cc3CC2)C1. The highest BCUT2D eigenvalue weighted by molar-refractivity contribution is 5.92. The first-order valence-electron chi connectivity index (χ1n) is 14.3. The van der Waals surface area contributed by atoms with E-state index in [1.165, 1.54) is 29.5 Å². The molecule has 5 aromatic rings. The van der Waals surface area contributed by atoms with Gasteiger partial charge in [-0.2, -0.15) is 5.10 Å². The average Bonchev–Trinajstić information content (AvgIpc) is 3.29. The smallest absolute Gasteiger partial charge is 0.181 e. The zero-order valence-electron chi connectivity index (χ0n) is 23.0. The third kappa shape index (κ3) is 4.80. The lowest BCUT2D eigenvalue weighted by atomic mass is 9.88. The van der Waals surface area contributed by atoms with Crippen LogP contribution in [0.25, 0.3) is 44.8 Å². The monoisotopic (exact) mass is 530 g/mol. The minimum absolute atomic E-state index is 0.440. The summed E-state index contributed by atoms with van der Waals surface area (Å²) in [6, 6.07) is 18.4. The van der Waals surface area contributed by atoms with Crippen molar-refractivity contribution in [1.82, 2.24) is 30.5 Å². The number of aryl methyl sites for hydroxylation is 3. The number of pyridine rings is 3. The van der Waals surface area contributed by atoms with Gasteiger partial charge in [0.25, 0.3) is 0 Å². The van der Waals surface area contributed by atoms with E-state index < -0.39 is 0 Å². The molecule has 0 aliphatic heterocycles. The maximum atomic E-state index is 5.46. The van der Waals surface area contributed by atoms with Gasteiger partial charge in [-0.15, -0.1) is 0 Å². The van der Waals surface area contributed by atoms with E-state index in [4.69, 9.17) is 9.72 Å². The molecule has 0 radical (unpaired) electrons. The van der Waals surface area contributed by atoms with Gasteiger partial charge >= 0.3 is 0 Å². The van der Waals surface area contributed by atoms with Gasteiger partial charge in [-0.25, -0.2) is 4.98 Å². The van der Waals surface area contributed by atoms with Crippen LogP contribution in [-0.4, -0.2) is 50.4 Å². The Hall–Kier alpha value is -3.94. The van der Waals surface area contributed by atoms with Crippen LogP contribution in [0.5, 0.6) is 0 Å². The molecule has 0 spiro atoms. The van der Waals surface area contributed by atoms with Gasteiger partial charge in [0.15, 0.2) is 5.65 Å². The second-order valence-corrected chi connectivity index (χ2v) is 11.2. The second-order valence-electron chi connectivity index (χ2n) is 11.2. The zero-order valence-corrected chi connectivity index (χ0v) is 23.0. The average molecular weight is 531 g/mol. The Morgan fingerprint density at radius 2 is 1.68 bits per heavy atom. The first-order valence-corrected chi connectivity index (χ1v) is 14.3. The molecule has 4 aromatic heterocycles. The lowest BCUT2D eigenvalue weighted by Gasteiger charge is -2.37. The Labute approximate surface area is 234 Å². The molecule has 4 heterocycles. The van der Waals surface area contributed by atoms with Gasteiger partial charge in [-0.3, -0.25) is 15.1 Å². The molecule has 0 amide bonds. The molecule has 1 unspecified atom stereocenters. The Morgan fingerprint density at radius 3 is 2.48 bits per heavy atom. The number of aromatic nitrogens is 5. The maximum Gasteiger partial charge on any atom is 0.181 e. The molecule has 2 aliphatic rings. The van der Waals surface area contributed by atoms with Gasteiger partial charge in [0, 0.05) is 54.3 Å². The van der Waals surface area contributed by atoms with Crippen molar-refractivity contribution in [2.75, 3.05) is 7.11 Å². The molecule has 2 aliphatic carbocycles. The molecule has 1 saturated carbocycles. The van der Waals surface area contributed by atoms with Gasteiger partial charge in [0.05, 0.1) is 23.2 Å². The van der Waals surface area contributed by atoms with E-state index in [0.29, 0.717) is 23.8 Å². The van der Waals surface area contributed by atoms with Crippen molar-refractivity contribution in [3.05, 3.63) is 83.8 Å². The van der Waals surface area contributed by atoms with Crippen LogP contribution in [0, 0.1) is 6.92 Å². The van der Waals surface area contributed by atoms with Crippen molar-refractivity contribution in [3.8, 4) is 33.8 Å². The van der Waals surface area contributed by atoms with Crippen molar-refractivity contribution in [1.29, 1.82) is 0 Å². The molecule has 0 saturated heterocycles. The molecule has 7 rings (SSSR count). The van der Waals surface area contributed by atoms with E-state index in [1.807, 2.05) is 37.8 Å². The largest absolute Gasteiger partial charge is 0.381 e. The van der Waals surface area contributed by atoms with Crippen LogP contribution in [-0.2, 0) is 17.6 Å². The number of H-pyrrole nitrogens is 1. The highest BCUT2D eigenvalue weighted by Crippen LogP contribution is 2.32. The first kappa shape index (κ1) is 25.1. The topological polar surface area (TPSA) is 88.6 Å². The third-order valence-corrected chi connectivity index (χ3v) is 8.68. The molecular weight excluding hydrogens is 496 g/mol. The number of nitrogens with one attached hydrogen (secondary N) is 2. The summed E-state index contributed by atoms with van der Waals surface area (Å²) in [5, 5.41) is 12.5. The van der Waals surface area contributed by atoms with Crippen molar-refractivity contribution >= 4 is 11.0 Å². The van der Waals surface area contributed by atoms with E-state index in [2.05, 4.69) is 68.8 Å². The molecular formula is C33H34N6O. The number of ether oxygens (including phenoxy) is 1. The minimum Gasteiger partial charge on any atom is -0.381 e. The lowest BCUT2D eigenvalue weighted by Crippen LogP contribution is -2.49. The highest BCUT2D eigenvalue weighted by atomic mass is 16.5. The van der Waals surface area contributed by atoms with Crippen LogP contribution in [0.4, 0.5) is 0 Å². The molecule has 40 heavy (non-hydrogen) atoms. The summed E-state index contributed by atoms with van der Waals surface area (Å²) in [5.41, 5.74) is 10.7. The van der Waals surface area contributed by atoms with Crippen molar-refractivity contribution in [3.63, 3.8) is 0 Å². The van der Waals surface area contributed by atoms with E-state index in [0.717, 1.165) is 64.8 Å². The maximum absolute atomic E-state index is 5.46. The van der Waals surface area contributed by atoms with Gasteiger partial charge in [0.1, 0.15) is 0 Å². The first-order chi connectivity index (χ1) is 19.6. The summed E-state index contributed by atoms with van der Waals surface area (Å²) in [5.74, 6) is 0. The summed E-state index contributed by atoms with van der Waals surface area (Å²) in [6.45, 7) is 2.07. The van der Waals surface area contributed by atoms with E-state index >= 15 is 0 Å². The van der Waals surface area contributed by atoms with Crippen LogP contribution >= 0.6 is 0 Å². The zero-order chi connectivity index (χ0) is 27.1. The Morgan fingerprint density at radius 1 is 0.850 bits per heavy atom. The fourth-order valence-corrected chi connectivity index (χ4v) is 6.20. The Bertz CT molecular complexity index is 1650. The Kier molecular flexibility index (Phi) is 6.61. The Balaban J connectivity index is 1.12. The third-order valence-electron chi connectivity index (χ3n) is 8.68. The molecule has 1 aromatic carbocycles. The number of benzene rings is 1. The number of nitrogens with zero attached hydrogens (tertiary/aromatic N) is 4. The number of rotatable bonds is 6. The second kappa shape index (κ2) is 10.6. The van der Waals surface area contributed by atoms with Gasteiger partial charge in [-0.1, -0.05) is 24.3 Å². The standard InChI is InChI=1S/C33H34N6O/c1-20-4-3-13-34-31(20)24-9-12-30(35-18-24)32-29-15-25(19-36-33(29)39-38-32)23-6-5-21-7-10-26(11-8-22(21)14-23)37-27-16-28(17-27)40-2/h3-6,9,12-15,18-19,26-28,37H,7-8,10-11,16-17H2,1-2H3,(H,36,38,39). The number of aromatic amines is 1. The van der Waals surface area contributed by atoms with Crippen LogP contribution in [0.1, 0.15) is 42.4 Å². The predicted octanol–water partition coefficient (Wildman–Crippen LogP) is 6.07. The highest BCUT2D eigenvalue weighted by Gasteiger charge is 2.31. The molecule has 2 N–H and O–H groups in total. The van der Waals surface area contributed by atoms with Crippen LogP contribution < -0.4 is 5.32 Å². The van der Waals surface area contributed by atoms with Gasteiger partial charge in [0.2, 0.25) is 0 Å². The molecule has 7 heteroatoms. The van der Waals surface area contributed by atoms with Gasteiger partial charge < -0.3 is 10.1 Å². The molecule has 1 fully saturated rings. The van der Waals surface area contributed by atoms with Crippen molar-refractivity contribution in [2.45, 2.75) is 63.6 Å². The van der Waals surface area contributed by atoms with E-state index in [-0.39, 0.29) is 0 Å². The molecule has 1 atom stereocenters. The number of hydrogen-bond donors (Lipinski definition) is 2. The van der Waals surface area contributed by atoms with Crippen molar-refractivity contribution < 1.29 is 4.74 Å². The van der Waals surface area contributed by atoms with Crippen molar-refractivity contribution in [2.24, 2.45) is 0 Å². The van der Waals surface area contributed by atoms with Crippen LogP contribution in [0.3, 0.4) is 0 Å². The van der Waals surface area contributed by atoms with E-state index in [1.54, 1.807) is 0 Å². The minimum atomic E-state index is 0.440. The number of methoxy groups -OCH3 is 1. The summed E-state index contributed by atoms with van der Waals surface area (Å²) in [7, 11) is 1.82. The predicted molar refractivity (Wildman–Crippen MR) is 158 cm³/mol. The van der Waals surface area contributed by atoms with E-state index in [9.17, 15) is 0 Å². The fraction of sp³-hybridized carbons (Fsp3) is 0.333. The van der Waals surface area contributed by atoms with Crippen LogP contribution in [0.15, 0.2) is 67.1 Å². The molecule has 0 bridgehead atoms. The lowest BCUT2D eigenvalue weighted by molar-refractivity contribution is 0.0137. The normalized spacial score (nSPS) is 20.6. The summed E-state index contributed by atoms with van der Waals surface area (Å²) >= 11 is 0. The molecule has 7 nitrogen and oxygen atoms in total. The summed E-state index contributed by atoms with van der Waals surface area (Å²) in [6.07, 6.45) is 12.9. The summed E-state index contributed by atoms with van der Waals surface area (Å²) < 4.78 is 5.46. The summed E-state index contributed by atoms with van der Waals surface area (Å²) in [4.78, 5) is 14.0. The van der Waals surface area contributed by atoms with Gasteiger partial charge in [-0.05, 0) is 92.0 Å². The number of fused-ring (bicyclic) bond motifs is 2. The number of hydrogen-bond acceptors (Lipinski definition) is 6. The fourth-order valence-electron chi connectivity index (χ4n) is 6.20. The quantitative estimate of drug-likeness (QED) is 0.259. The molecule has 202 valence electrons.